The van der Waals surface area contributed by atoms with E-state index in [2.05, 4.69) is 0 Å². The van der Waals surface area contributed by atoms with E-state index >= 15 is 0 Å². The highest BCUT2D eigenvalue weighted by atomic mass is 31.2. The molecule has 1 N–H and O–H groups in total. The molecule has 0 aliphatic carbocycles. The summed E-state index contributed by atoms with van der Waals surface area (Å²) in [7, 11) is -4.78. The fraction of sp³-hybridized carbons (Fsp3) is 0. The SMILES string of the molecule is O=P1(O)Oc2c(F)cc3ccccc3c2-c2c(c(F)cc3ccccc23)O1. The lowest BCUT2D eigenvalue weighted by Crippen LogP contribution is -2.00. The molecule has 134 valence electrons. The second-order valence-corrected chi connectivity index (χ2v) is 7.52. The third kappa shape index (κ3) is 2.41. The maximum atomic E-state index is 14.8. The van der Waals surface area contributed by atoms with Crippen molar-refractivity contribution >= 4 is 29.4 Å². The van der Waals surface area contributed by atoms with E-state index in [4.69, 9.17) is 9.05 Å². The van der Waals surface area contributed by atoms with Gasteiger partial charge >= 0.3 is 7.82 Å². The molecule has 0 bridgehead atoms. The van der Waals surface area contributed by atoms with Crippen molar-refractivity contribution in [2.45, 2.75) is 0 Å². The molecule has 0 aromatic heterocycles. The molecule has 0 atom stereocenters. The van der Waals surface area contributed by atoms with Crippen molar-refractivity contribution < 1.29 is 27.3 Å². The third-order valence-electron chi connectivity index (χ3n) is 4.58. The van der Waals surface area contributed by atoms with Gasteiger partial charge in [0.25, 0.3) is 0 Å². The summed E-state index contributed by atoms with van der Waals surface area (Å²) in [6, 6.07) is 16.2. The molecule has 1 aliphatic rings. The Hall–Kier alpha value is -2.95. The number of benzene rings is 4. The topological polar surface area (TPSA) is 55.8 Å². The summed E-state index contributed by atoms with van der Waals surface area (Å²) in [5.41, 5.74) is 0.367. The minimum atomic E-state index is -4.78. The van der Waals surface area contributed by atoms with Gasteiger partial charge in [-0.1, -0.05) is 48.5 Å². The van der Waals surface area contributed by atoms with Crippen LogP contribution in [0.4, 0.5) is 8.78 Å². The fourth-order valence-electron chi connectivity index (χ4n) is 3.51. The Morgan fingerprint density at radius 2 is 1.15 bits per heavy atom. The van der Waals surface area contributed by atoms with Gasteiger partial charge in [0.15, 0.2) is 23.1 Å². The van der Waals surface area contributed by atoms with Gasteiger partial charge in [-0.2, -0.15) is 0 Å². The highest BCUT2D eigenvalue weighted by Gasteiger charge is 2.37. The maximum Gasteiger partial charge on any atom is 0.585 e. The van der Waals surface area contributed by atoms with Crippen molar-refractivity contribution in [3.8, 4) is 22.6 Å². The number of hydrogen-bond donors (Lipinski definition) is 1. The number of hydrogen-bond acceptors (Lipinski definition) is 3. The standard InChI is InChI=1S/C20H11F2O4P/c21-15-9-11-5-1-3-7-13(11)17-18-14-8-4-2-6-12(14)10-16(22)20(18)26-27(23,24)25-19(15)17/h1-10H,(H,23,24). The zero-order valence-corrected chi connectivity index (χ0v) is 14.5. The van der Waals surface area contributed by atoms with Crippen LogP contribution < -0.4 is 9.05 Å². The van der Waals surface area contributed by atoms with E-state index in [1.807, 2.05) is 0 Å². The number of halogens is 2. The van der Waals surface area contributed by atoms with Gasteiger partial charge < -0.3 is 9.05 Å². The van der Waals surface area contributed by atoms with Crippen LogP contribution in [0, 0.1) is 11.6 Å². The van der Waals surface area contributed by atoms with E-state index in [1.54, 1.807) is 48.5 Å². The van der Waals surface area contributed by atoms with Gasteiger partial charge in [0.05, 0.1) is 0 Å². The van der Waals surface area contributed by atoms with Crippen LogP contribution in [0.2, 0.25) is 0 Å². The molecule has 0 radical (unpaired) electrons. The Balaban J connectivity index is 2.08. The average molecular weight is 384 g/mol. The zero-order chi connectivity index (χ0) is 18.8. The lowest BCUT2D eigenvalue weighted by Gasteiger charge is -2.14. The van der Waals surface area contributed by atoms with E-state index in [0.717, 1.165) is 0 Å². The molecule has 0 fully saturated rings. The Kier molecular flexibility index (Phi) is 3.32. The molecule has 0 spiro atoms. The van der Waals surface area contributed by atoms with E-state index in [0.29, 0.717) is 21.5 Å². The first-order chi connectivity index (χ1) is 12.9. The van der Waals surface area contributed by atoms with Crippen LogP contribution in [0.5, 0.6) is 11.5 Å². The first kappa shape index (κ1) is 16.2. The Morgan fingerprint density at radius 3 is 1.59 bits per heavy atom. The Labute approximate surface area is 152 Å². The van der Waals surface area contributed by atoms with Gasteiger partial charge in [-0.05, 0) is 33.7 Å². The summed E-state index contributed by atoms with van der Waals surface area (Å²) in [4.78, 5) is 10.0. The molecule has 27 heavy (non-hydrogen) atoms. The molecule has 0 amide bonds. The lowest BCUT2D eigenvalue weighted by molar-refractivity contribution is 0.285. The van der Waals surface area contributed by atoms with E-state index in [1.165, 1.54) is 12.1 Å². The molecule has 4 nitrogen and oxygen atoms in total. The first-order valence-corrected chi connectivity index (χ1v) is 9.59. The van der Waals surface area contributed by atoms with Gasteiger partial charge in [0.1, 0.15) is 0 Å². The van der Waals surface area contributed by atoms with Crippen LogP contribution in [0.1, 0.15) is 0 Å². The van der Waals surface area contributed by atoms with Crippen LogP contribution in [0.25, 0.3) is 32.7 Å². The lowest BCUT2D eigenvalue weighted by atomic mass is 9.92. The van der Waals surface area contributed by atoms with Gasteiger partial charge in [0.2, 0.25) is 0 Å². The molecule has 1 aliphatic heterocycles. The normalized spacial score (nSPS) is 14.8. The van der Waals surface area contributed by atoms with Crippen molar-refractivity contribution in [2.75, 3.05) is 0 Å². The molecular formula is C20H11F2O4P. The van der Waals surface area contributed by atoms with Crippen LogP contribution in [-0.2, 0) is 4.57 Å². The summed E-state index contributed by atoms with van der Waals surface area (Å²) in [5.74, 6) is -2.53. The average Bonchev–Trinajstić information content (AvgIpc) is 2.76. The van der Waals surface area contributed by atoms with Gasteiger partial charge in [-0.15, -0.1) is 0 Å². The van der Waals surface area contributed by atoms with Crippen LogP contribution >= 0.6 is 7.82 Å². The van der Waals surface area contributed by atoms with Crippen molar-refractivity contribution in [2.24, 2.45) is 0 Å². The van der Waals surface area contributed by atoms with Crippen molar-refractivity contribution in [1.82, 2.24) is 0 Å². The smallest absolute Gasteiger partial charge is 0.391 e. The van der Waals surface area contributed by atoms with Crippen LogP contribution in [0.15, 0.2) is 60.7 Å². The Bertz CT molecular complexity index is 1210. The summed E-state index contributed by atoms with van der Waals surface area (Å²) >= 11 is 0. The highest BCUT2D eigenvalue weighted by molar-refractivity contribution is 7.48. The van der Waals surface area contributed by atoms with E-state index in [-0.39, 0.29) is 11.1 Å². The summed E-state index contributed by atoms with van der Waals surface area (Å²) < 4.78 is 52.0. The highest BCUT2D eigenvalue weighted by Crippen LogP contribution is 2.58. The van der Waals surface area contributed by atoms with Crippen LogP contribution in [0.3, 0.4) is 0 Å². The minimum Gasteiger partial charge on any atom is -0.391 e. The number of phosphoric acid groups is 1. The molecule has 0 saturated carbocycles. The van der Waals surface area contributed by atoms with Crippen molar-refractivity contribution in [3.05, 3.63) is 72.3 Å². The molecular weight excluding hydrogens is 373 g/mol. The quantitative estimate of drug-likeness (QED) is 0.389. The predicted molar refractivity (Wildman–Crippen MR) is 97.9 cm³/mol. The maximum absolute atomic E-state index is 14.8. The predicted octanol–water partition coefficient (Wildman–Crippen LogP) is 5.81. The number of phosphoric ester groups is 1. The number of fused-ring (bicyclic) bond motifs is 7. The molecule has 0 unspecified atom stereocenters. The second-order valence-electron chi connectivity index (χ2n) is 6.22. The molecule has 0 saturated heterocycles. The first-order valence-electron chi connectivity index (χ1n) is 8.09. The van der Waals surface area contributed by atoms with Crippen molar-refractivity contribution in [1.29, 1.82) is 0 Å². The van der Waals surface area contributed by atoms with E-state index in [9.17, 15) is 18.2 Å². The molecule has 1 heterocycles. The van der Waals surface area contributed by atoms with E-state index < -0.39 is 31.0 Å². The second kappa shape index (κ2) is 5.52. The molecule has 4 aromatic carbocycles. The van der Waals surface area contributed by atoms with Crippen molar-refractivity contribution in [3.63, 3.8) is 0 Å². The fourth-order valence-corrected chi connectivity index (χ4v) is 4.37. The minimum absolute atomic E-state index is 0.183. The van der Waals surface area contributed by atoms with Gasteiger partial charge in [-0.3, -0.25) is 4.89 Å². The van der Waals surface area contributed by atoms with Crippen LogP contribution in [-0.4, -0.2) is 4.89 Å². The monoisotopic (exact) mass is 384 g/mol. The number of rotatable bonds is 0. The zero-order valence-electron chi connectivity index (χ0n) is 13.6. The summed E-state index contributed by atoms with van der Waals surface area (Å²) in [6.07, 6.45) is 0. The largest absolute Gasteiger partial charge is 0.585 e. The molecule has 4 aromatic rings. The molecule has 5 rings (SSSR count). The van der Waals surface area contributed by atoms with Gasteiger partial charge in [0, 0.05) is 11.1 Å². The van der Waals surface area contributed by atoms with Gasteiger partial charge in [-0.25, -0.2) is 13.3 Å². The third-order valence-corrected chi connectivity index (χ3v) is 5.40. The summed E-state index contributed by atoms with van der Waals surface area (Å²) in [5, 5.41) is 2.20. The Morgan fingerprint density at radius 1 is 0.741 bits per heavy atom. The summed E-state index contributed by atoms with van der Waals surface area (Å²) in [6.45, 7) is 0. The molecule has 7 heteroatoms.